The van der Waals surface area contributed by atoms with Gasteiger partial charge in [-0.2, -0.15) is 0 Å². The third kappa shape index (κ3) is 3.00. The Labute approximate surface area is 120 Å². The van der Waals surface area contributed by atoms with Gasteiger partial charge in [-0.1, -0.05) is 11.3 Å². The first-order valence-corrected chi connectivity index (χ1v) is 6.52. The molecule has 0 amide bonds. The van der Waals surface area contributed by atoms with Crippen molar-refractivity contribution in [2.75, 3.05) is 26.6 Å². The fourth-order valence-electron chi connectivity index (χ4n) is 1.54. The highest BCUT2D eigenvalue weighted by molar-refractivity contribution is 7.17. The SMILES string of the molecule is COC(=O)c1cnc(Nc2ccc(OC)cc2OC)s1. The van der Waals surface area contributed by atoms with E-state index in [1.807, 2.05) is 6.07 Å². The molecule has 0 aliphatic heterocycles. The molecule has 0 atom stereocenters. The maximum atomic E-state index is 11.4. The second-order valence-electron chi connectivity index (χ2n) is 3.71. The molecule has 7 heteroatoms. The van der Waals surface area contributed by atoms with Gasteiger partial charge in [-0.25, -0.2) is 9.78 Å². The molecule has 106 valence electrons. The second kappa shape index (κ2) is 6.25. The number of nitrogens with one attached hydrogen (secondary N) is 1. The quantitative estimate of drug-likeness (QED) is 0.855. The molecule has 0 bridgehead atoms. The molecule has 0 aliphatic carbocycles. The summed E-state index contributed by atoms with van der Waals surface area (Å²) in [6.45, 7) is 0. The van der Waals surface area contributed by atoms with Gasteiger partial charge in [0, 0.05) is 6.07 Å². The van der Waals surface area contributed by atoms with Crippen LogP contribution in [0.5, 0.6) is 11.5 Å². The summed E-state index contributed by atoms with van der Waals surface area (Å²) in [5, 5.41) is 3.67. The molecule has 0 radical (unpaired) electrons. The zero-order valence-electron chi connectivity index (χ0n) is 11.3. The van der Waals surface area contributed by atoms with Gasteiger partial charge in [0.15, 0.2) is 5.13 Å². The number of hydrogen-bond acceptors (Lipinski definition) is 7. The molecule has 6 nitrogen and oxygen atoms in total. The Bertz CT molecular complexity index is 612. The summed E-state index contributed by atoms with van der Waals surface area (Å²) in [5.41, 5.74) is 0.735. The van der Waals surface area contributed by atoms with Gasteiger partial charge in [0.25, 0.3) is 0 Å². The summed E-state index contributed by atoms with van der Waals surface area (Å²) in [4.78, 5) is 15.9. The lowest BCUT2D eigenvalue weighted by Crippen LogP contribution is -1.97. The van der Waals surface area contributed by atoms with E-state index in [1.54, 1.807) is 26.4 Å². The van der Waals surface area contributed by atoms with Crippen molar-refractivity contribution >= 4 is 28.1 Å². The summed E-state index contributed by atoms with van der Waals surface area (Å²) >= 11 is 1.21. The first-order chi connectivity index (χ1) is 9.67. The molecule has 0 fully saturated rings. The predicted octanol–water partition coefficient (Wildman–Crippen LogP) is 2.69. The Morgan fingerprint density at radius 1 is 1.25 bits per heavy atom. The first-order valence-electron chi connectivity index (χ1n) is 5.71. The standard InChI is InChI=1S/C13H14N2O4S/c1-17-8-4-5-9(10(6-8)18-2)15-13-14-7-11(20-13)12(16)19-3/h4-7H,1-3H3,(H,14,15). The zero-order valence-corrected chi connectivity index (χ0v) is 12.1. The number of carbonyl (C=O) groups excluding carboxylic acids is 1. The predicted molar refractivity (Wildman–Crippen MR) is 76.3 cm³/mol. The summed E-state index contributed by atoms with van der Waals surface area (Å²) in [6.07, 6.45) is 1.47. The fourth-order valence-corrected chi connectivity index (χ4v) is 2.29. The van der Waals surface area contributed by atoms with E-state index < -0.39 is 5.97 Å². The third-order valence-corrected chi connectivity index (χ3v) is 3.44. The smallest absolute Gasteiger partial charge is 0.349 e. The maximum Gasteiger partial charge on any atom is 0.349 e. The van der Waals surface area contributed by atoms with Crippen molar-refractivity contribution in [3.8, 4) is 11.5 Å². The molecule has 2 rings (SSSR count). The number of benzene rings is 1. The van der Waals surface area contributed by atoms with Crippen LogP contribution < -0.4 is 14.8 Å². The molecule has 1 aromatic heterocycles. The zero-order chi connectivity index (χ0) is 14.5. The molecule has 1 heterocycles. The number of thiazole rings is 1. The van der Waals surface area contributed by atoms with Crippen molar-refractivity contribution in [2.45, 2.75) is 0 Å². The topological polar surface area (TPSA) is 69.7 Å². The summed E-state index contributed by atoms with van der Waals surface area (Å²) in [6, 6.07) is 5.38. The van der Waals surface area contributed by atoms with Crippen LogP contribution in [0, 0.1) is 0 Å². The van der Waals surface area contributed by atoms with E-state index in [2.05, 4.69) is 15.0 Å². The number of rotatable bonds is 5. The van der Waals surface area contributed by atoms with E-state index in [9.17, 15) is 4.79 Å². The molecule has 0 saturated heterocycles. The first kappa shape index (κ1) is 14.1. The molecule has 0 aliphatic rings. The van der Waals surface area contributed by atoms with Crippen molar-refractivity contribution in [2.24, 2.45) is 0 Å². The van der Waals surface area contributed by atoms with Crippen LogP contribution in [-0.4, -0.2) is 32.3 Å². The van der Waals surface area contributed by atoms with E-state index in [0.29, 0.717) is 21.5 Å². The van der Waals surface area contributed by atoms with Gasteiger partial charge in [-0.3, -0.25) is 0 Å². The van der Waals surface area contributed by atoms with E-state index >= 15 is 0 Å². The molecule has 1 N–H and O–H groups in total. The Morgan fingerprint density at radius 2 is 2.05 bits per heavy atom. The van der Waals surface area contributed by atoms with Crippen LogP contribution in [-0.2, 0) is 4.74 Å². The molecule has 0 unspecified atom stereocenters. The van der Waals surface area contributed by atoms with Gasteiger partial charge in [0.05, 0.1) is 33.2 Å². The second-order valence-corrected chi connectivity index (χ2v) is 4.74. The molecule has 20 heavy (non-hydrogen) atoms. The number of esters is 1. The van der Waals surface area contributed by atoms with Crippen LogP contribution in [0.3, 0.4) is 0 Å². The third-order valence-electron chi connectivity index (χ3n) is 2.54. The number of methoxy groups -OCH3 is 3. The van der Waals surface area contributed by atoms with Gasteiger partial charge in [0.1, 0.15) is 16.4 Å². The lowest BCUT2D eigenvalue weighted by Gasteiger charge is -2.10. The Hall–Kier alpha value is -2.28. The van der Waals surface area contributed by atoms with Crippen molar-refractivity contribution in [3.63, 3.8) is 0 Å². The average molecular weight is 294 g/mol. The normalized spacial score (nSPS) is 9.95. The summed E-state index contributed by atoms with van der Waals surface area (Å²) in [7, 11) is 4.49. The molecule has 0 spiro atoms. The minimum Gasteiger partial charge on any atom is -0.497 e. The van der Waals surface area contributed by atoms with Crippen molar-refractivity contribution in [1.82, 2.24) is 4.98 Å². The average Bonchev–Trinajstić information content (AvgIpc) is 2.95. The van der Waals surface area contributed by atoms with Crippen LogP contribution in [0.2, 0.25) is 0 Å². The van der Waals surface area contributed by atoms with Gasteiger partial charge in [0.2, 0.25) is 0 Å². The number of anilines is 2. The monoisotopic (exact) mass is 294 g/mol. The summed E-state index contributed by atoms with van der Waals surface area (Å²) in [5.74, 6) is 0.915. The Balaban J connectivity index is 2.21. The van der Waals surface area contributed by atoms with Gasteiger partial charge < -0.3 is 19.5 Å². The van der Waals surface area contributed by atoms with Crippen LogP contribution in [0.15, 0.2) is 24.4 Å². The van der Waals surface area contributed by atoms with Crippen LogP contribution in [0.1, 0.15) is 9.67 Å². The molecule has 2 aromatic rings. The summed E-state index contributed by atoms with van der Waals surface area (Å²) < 4.78 is 15.0. The lowest BCUT2D eigenvalue weighted by atomic mass is 10.3. The highest BCUT2D eigenvalue weighted by Crippen LogP contribution is 2.32. The Morgan fingerprint density at radius 3 is 2.70 bits per heavy atom. The Kier molecular flexibility index (Phi) is 4.41. The molecular weight excluding hydrogens is 280 g/mol. The fraction of sp³-hybridized carbons (Fsp3) is 0.231. The number of nitrogens with zero attached hydrogens (tertiary/aromatic N) is 1. The largest absolute Gasteiger partial charge is 0.497 e. The van der Waals surface area contributed by atoms with E-state index in [4.69, 9.17) is 9.47 Å². The lowest BCUT2D eigenvalue weighted by molar-refractivity contribution is 0.0606. The van der Waals surface area contributed by atoms with E-state index in [0.717, 1.165) is 5.69 Å². The van der Waals surface area contributed by atoms with Gasteiger partial charge in [-0.05, 0) is 12.1 Å². The van der Waals surface area contributed by atoms with Gasteiger partial charge in [-0.15, -0.1) is 0 Å². The van der Waals surface area contributed by atoms with E-state index in [-0.39, 0.29) is 0 Å². The van der Waals surface area contributed by atoms with Crippen molar-refractivity contribution < 1.29 is 19.0 Å². The van der Waals surface area contributed by atoms with Crippen LogP contribution >= 0.6 is 11.3 Å². The highest BCUT2D eigenvalue weighted by atomic mass is 32.1. The van der Waals surface area contributed by atoms with Crippen LogP contribution in [0.4, 0.5) is 10.8 Å². The number of carbonyl (C=O) groups is 1. The minimum atomic E-state index is -0.405. The highest BCUT2D eigenvalue weighted by Gasteiger charge is 2.12. The molecule has 0 saturated carbocycles. The van der Waals surface area contributed by atoms with Gasteiger partial charge >= 0.3 is 5.97 Å². The van der Waals surface area contributed by atoms with Crippen molar-refractivity contribution in [3.05, 3.63) is 29.3 Å². The number of aromatic nitrogens is 1. The molecule has 1 aromatic carbocycles. The minimum absolute atomic E-state index is 0.405. The molecular formula is C13H14N2O4S. The number of ether oxygens (including phenoxy) is 3. The maximum absolute atomic E-state index is 11.4. The number of hydrogen-bond donors (Lipinski definition) is 1. The van der Waals surface area contributed by atoms with Crippen molar-refractivity contribution in [1.29, 1.82) is 0 Å². The van der Waals surface area contributed by atoms with E-state index in [1.165, 1.54) is 24.6 Å². The van der Waals surface area contributed by atoms with Crippen LogP contribution in [0.25, 0.3) is 0 Å².